The van der Waals surface area contributed by atoms with E-state index in [1.807, 2.05) is 53.4 Å². The Labute approximate surface area is 148 Å². The van der Waals surface area contributed by atoms with Gasteiger partial charge in [0.2, 0.25) is 0 Å². The maximum Gasteiger partial charge on any atom is 0.283 e. The van der Waals surface area contributed by atoms with Crippen molar-refractivity contribution in [1.29, 1.82) is 0 Å². The van der Waals surface area contributed by atoms with Crippen LogP contribution >= 0.6 is 22.9 Å². The number of hydrogen-bond donors (Lipinski definition) is 0. The Balaban J connectivity index is 1.56. The number of aromatic nitrogens is 1. The molecule has 0 aliphatic carbocycles. The molecule has 3 aromatic rings. The minimum atomic E-state index is -0.157. The van der Waals surface area contributed by atoms with Crippen LogP contribution in [0.1, 0.15) is 21.5 Å². The minimum Gasteiger partial charge on any atom is -0.370 e. The monoisotopic (exact) mass is 358 g/mol. The number of amides is 1. The van der Waals surface area contributed by atoms with Crippen LogP contribution in [0.4, 0.5) is 0 Å². The summed E-state index contributed by atoms with van der Waals surface area (Å²) >= 11 is 7.49. The van der Waals surface area contributed by atoms with Gasteiger partial charge in [0.15, 0.2) is 5.01 Å². The van der Waals surface area contributed by atoms with Gasteiger partial charge in [-0.15, -0.1) is 11.3 Å². The quantitative estimate of drug-likeness (QED) is 0.690. The first-order chi connectivity index (χ1) is 11.7. The molecular weight excluding hydrogens is 344 g/mol. The van der Waals surface area contributed by atoms with Crippen LogP contribution < -0.4 is 0 Å². The fourth-order valence-electron chi connectivity index (χ4n) is 2.84. The smallest absolute Gasteiger partial charge is 0.283 e. The summed E-state index contributed by atoms with van der Waals surface area (Å²) in [4.78, 5) is 19.1. The molecule has 1 unspecified atom stereocenters. The number of ether oxygens (including phenoxy) is 1. The van der Waals surface area contributed by atoms with Gasteiger partial charge in [-0.05, 0) is 29.8 Å². The second-order valence-electron chi connectivity index (χ2n) is 5.65. The van der Waals surface area contributed by atoms with Crippen LogP contribution in [-0.2, 0) is 4.74 Å². The first kappa shape index (κ1) is 15.6. The van der Waals surface area contributed by atoms with Crippen LogP contribution in [0, 0.1) is 0 Å². The SMILES string of the molecule is O=C(c1nc2ccccc2s1)N1CCOC(c2cccc(Cl)c2)C1. The van der Waals surface area contributed by atoms with Crippen molar-refractivity contribution in [2.45, 2.75) is 6.10 Å². The number of morpholine rings is 1. The van der Waals surface area contributed by atoms with E-state index in [-0.39, 0.29) is 12.0 Å². The molecule has 2 aromatic carbocycles. The zero-order valence-electron chi connectivity index (χ0n) is 12.8. The molecule has 0 N–H and O–H groups in total. The van der Waals surface area contributed by atoms with E-state index in [4.69, 9.17) is 16.3 Å². The molecule has 0 spiro atoms. The number of carbonyl (C=O) groups is 1. The van der Waals surface area contributed by atoms with Crippen molar-refractivity contribution in [2.24, 2.45) is 0 Å². The van der Waals surface area contributed by atoms with Crippen molar-refractivity contribution in [1.82, 2.24) is 9.88 Å². The third-order valence-electron chi connectivity index (χ3n) is 4.05. The lowest BCUT2D eigenvalue weighted by Gasteiger charge is -2.32. The number of nitrogens with zero attached hydrogens (tertiary/aromatic N) is 2. The molecule has 4 rings (SSSR count). The van der Waals surface area contributed by atoms with Gasteiger partial charge in [-0.25, -0.2) is 4.98 Å². The van der Waals surface area contributed by atoms with Crippen molar-refractivity contribution in [3.63, 3.8) is 0 Å². The molecule has 4 nitrogen and oxygen atoms in total. The van der Waals surface area contributed by atoms with E-state index in [1.54, 1.807) is 0 Å². The number of carbonyl (C=O) groups excluding carboxylic acids is 1. The highest BCUT2D eigenvalue weighted by atomic mass is 35.5. The Morgan fingerprint density at radius 3 is 2.96 bits per heavy atom. The zero-order chi connectivity index (χ0) is 16.5. The Bertz CT molecular complexity index is 862. The molecule has 1 saturated heterocycles. The molecule has 0 radical (unpaired) electrons. The van der Waals surface area contributed by atoms with Crippen molar-refractivity contribution in [3.8, 4) is 0 Å². The molecule has 6 heteroatoms. The van der Waals surface area contributed by atoms with Crippen molar-refractivity contribution >= 4 is 39.1 Å². The molecule has 0 saturated carbocycles. The summed E-state index contributed by atoms with van der Waals surface area (Å²) in [5.41, 5.74) is 1.86. The lowest BCUT2D eigenvalue weighted by molar-refractivity contribution is -0.0228. The second-order valence-corrected chi connectivity index (χ2v) is 7.12. The highest BCUT2D eigenvalue weighted by molar-refractivity contribution is 7.20. The summed E-state index contributed by atoms with van der Waals surface area (Å²) in [5, 5.41) is 1.20. The van der Waals surface area contributed by atoms with Gasteiger partial charge >= 0.3 is 0 Å². The Hall–Kier alpha value is -1.95. The van der Waals surface area contributed by atoms with Gasteiger partial charge in [0, 0.05) is 11.6 Å². The maximum absolute atomic E-state index is 12.8. The van der Waals surface area contributed by atoms with E-state index in [0.29, 0.717) is 29.7 Å². The Kier molecular flexibility index (Phi) is 4.22. The predicted octanol–water partition coefficient (Wildman–Crippen LogP) is 4.16. The average Bonchev–Trinajstić information content (AvgIpc) is 3.05. The van der Waals surface area contributed by atoms with Crippen LogP contribution in [0.15, 0.2) is 48.5 Å². The second kappa shape index (κ2) is 6.51. The number of benzene rings is 2. The molecular formula is C18H15ClN2O2S. The van der Waals surface area contributed by atoms with Gasteiger partial charge in [-0.1, -0.05) is 35.9 Å². The third-order valence-corrected chi connectivity index (χ3v) is 5.31. The summed E-state index contributed by atoms with van der Waals surface area (Å²) in [6.45, 7) is 1.59. The van der Waals surface area contributed by atoms with E-state index >= 15 is 0 Å². The number of para-hydroxylation sites is 1. The third kappa shape index (κ3) is 3.02. The molecule has 1 atom stereocenters. The van der Waals surface area contributed by atoms with Gasteiger partial charge in [0.05, 0.1) is 23.4 Å². The normalized spacial score (nSPS) is 18.0. The van der Waals surface area contributed by atoms with Crippen LogP contribution in [0.2, 0.25) is 5.02 Å². The van der Waals surface area contributed by atoms with Crippen LogP contribution in [0.5, 0.6) is 0 Å². The predicted molar refractivity (Wildman–Crippen MR) is 95.7 cm³/mol. The van der Waals surface area contributed by atoms with Crippen molar-refractivity contribution in [2.75, 3.05) is 19.7 Å². The van der Waals surface area contributed by atoms with Crippen molar-refractivity contribution in [3.05, 3.63) is 64.1 Å². The van der Waals surface area contributed by atoms with Crippen LogP contribution in [0.3, 0.4) is 0 Å². The lowest BCUT2D eigenvalue weighted by Crippen LogP contribution is -2.42. The van der Waals surface area contributed by atoms with Crippen molar-refractivity contribution < 1.29 is 9.53 Å². The fraction of sp³-hybridized carbons (Fsp3) is 0.222. The number of halogens is 1. The van der Waals surface area contributed by atoms with Gasteiger partial charge in [0.1, 0.15) is 6.10 Å². The van der Waals surface area contributed by atoms with E-state index in [0.717, 1.165) is 15.8 Å². The van der Waals surface area contributed by atoms with Gasteiger partial charge in [-0.2, -0.15) is 0 Å². The summed E-state index contributed by atoms with van der Waals surface area (Å²) in [6.07, 6.45) is -0.157. The molecule has 1 fully saturated rings. The Morgan fingerprint density at radius 2 is 2.12 bits per heavy atom. The molecule has 1 aromatic heterocycles. The zero-order valence-corrected chi connectivity index (χ0v) is 14.4. The van der Waals surface area contributed by atoms with Gasteiger partial charge in [-0.3, -0.25) is 4.79 Å². The number of thiazole rings is 1. The number of rotatable bonds is 2. The highest BCUT2D eigenvalue weighted by Gasteiger charge is 2.27. The van der Waals surface area contributed by atoms with E-state index in [2.05, 4.69) is 4.98 Å². The number of hydrogen-bond acceptors (Lipinski definition) is 4. The maximum atomic E-state index is 12.8. The lowest BCUT2D eigenvalue weighted by atomic mass is 10.1. The minimum absolute atomic E-state index is 0.0356. The standard InChI is InChI=1S/C18H15ClN2O2S/c19-13-5-3-4-12(10-13)15-11-21(8-9-23-15)18(22)17-20-14-6-1-2-7-16(14)24-17/h1-7,10,15H,8-9,11H2. The molecule has 122 valence electrons. The molecule has 1 aliphatic rings. The van der Waals surface area contributed by atoms with Gasteiger partial charge < -0.3 is 9.64 Å². The van der Waals surface area contributed by atoms with E-state index in [1.165, 1.54) is 11.3 Å². The molecule has 1 aliphatic heterocycles. The van der Waals surface area contributed by atoms with Crippen LogP contribution in [0.25, 0.3) is 10.2 Å². The molecule has 2 heterocycles. The largest absolute Gasteiger partial charge is 0.370 e. The van der Waals surface area contributed by atoms with Crippen LogP contribution in [-0.4, -0.2) is 35.5 Å². The summed E-state index contributed by atoms with van der Waals surface area (Å²) in [6, 6.07) is 15.4. The number of fused-ring (bicyclic) bond motifs is 1. The summed E-state index contributed by atoms with van der Waals surface area (Å²) < 4.78 is 6.85. The van der Waals surface area contributed by atoms with Gasteiger partial charge in [0.25, 0.3) is 5.91 Å². The first-order valence-electron chi connectivity index (χ1n) is 7.72. The van der Waals surface area contributed by atoms with E-state index < -0.39 is 0 Å². The average molecular weight is 359 g/mol. The Morgan fingerprint density at radius 1 is 1.25 bits per heavy atom. The topological polar surface area (TPSA) is 42.4 Å². The fourth-order valence-corrected chi connectivity index (χ4v) is 3.97. The molecule has 24 heavy (non-hydrogen) atoms. The summed E-state index contributed by atoms with van der Waals surface area (Å²) in [5.74, 6) is -0.0356. The molecule has 0 bridgehead atoms. The summed E-state index contributed by atoms with van der Waals surface area (Å²) in [7, 11) is 0. The molecule has 1 amide bonds. The first-order valence-corrected chi connectivity index (χ1v) is 8.92. The van der Waals surface area contributed by atoms with E-state index in [9.17, 15) is 4.79 Å². The highest BCUT2D eigenvalue weighted by Crippen LogP contribution is 2.27.